The molecule has 1 fully saturated rings. The number of thiocarbonyl (C=S) groups is 1. The second kappa shape index (κ2) is 8.44. The minimum absolute atomic E-state index is 0.191. The van der Waals surface area contributed by atoms with E-state index in [0.717, 1.165) is 22.8 Å². The summed E-state index contributed by atoms with van der Waals surface area (Å²) < 4.78 is 13.2. The molecule has 0 amide bonds. The summed E-state index contributed by atoms with van der Waals surface area (Å²) in [7, 11) is 0. The molecule has 0 spiro atoms. The maximum Gasteiger partial charge on any atom is 0.335 e. The van der Waals surface area contributed by atoms with Gasteiger partial charge in [0.15, 0.2) is 16.6 Å². The second-order valence-electron chi connectivity index (χ2n) is 8.19. The van der Waals surface area contributed by atoms with E-state index in [2.05, 4.69) is 15.2 Å². The number of aromatic carboxylic acids is 1. The van der Waals surface area contributed by atoms with Crippen molar-refractivity contribution in [3.05, 3.63) is 102 Å². The van der Waals surface area contributed by atoms with Crippen LogP contribution in [-0.4, -0.2) is 32.5 Å². The van der Waals surface area contributed by atoms with Crippen molar-refractivity contribution in [2.45, 2.75) is 12.1 Å². The van der Waals surface area contributed by atoms with E-state index < -0.39 is 5.97 Å². The number of nitrogens with one attached hydrogen (secondary N) is 1. The van der Waals surface area contributed by atoms with Gasteiger partial charge in [0.2, 0.25) is 6.79 Å². The first-order valence-corrected chi connectivity index (χ1v) is 11.4. The monoisotopic (exact) mass is 484 g/mol. The number of rotatable bonds is 5. The van der Waals surface area contributed by atoms with Gasteiger partial charge in [0, 0.05) is 35.5 Å². The molecule has 2 aromatic heterocycles. The molecular weight excluding hydrogens is 464 g/mol. The first-order chi connectivity index (χ1) is 17.1. The Morgan fingerprint density at radius 2 is 1.80 bits per heavy atom. The highest BCUT2D eigenvalue weighted by Gasteiger charge is 2.42. The molecule has 1 saturated heterocycles. The average Bonchev–Trinajstić information content (AvgIpc) is 3.62. The zero-order chi connectivity index (χ0) is 23.9. The van der Waals surface area contributed by atoms with E-state index in [1.165, 1.54) is 0 Å². The smallest absolute Gasteiger partial charge is 0.335 e. The Morgan fingerprint density at radius 1 is 1.00 bits per heavy atom. The molecule has 6 rings (SSSR count). The van der Waals surface area contributed by atoms with Crippen molar-refractivity contribution >= 4 is 29.0 Å². The number of fused-ring (bicyclic) bond motifs is 1. The molecule has 35 heavy (non-hydrogen) atoms. The van der Waals surface area contributed by atoms with Crippen molar-refractivity contribution in [1.29, 1.82) is 0 Å². The molecule has 2 aromatic carbocycles. The highest BCUT2D eigenvalue weighted by molar-refractivity contribution is 7.80. The maximum absolute atomic E-state index is 11.3. The van der Waals surface area contributed by atoms with Gasteiger partial charge in [-0.3, -0.25) is 4.98 Å². The van der Waals surface area contributed by atoms with Crippen molar-refractivity contribution in [3.8, 4) is 17.2 Å². The minimum Gasteiger partial charge on any atom is -0.478 e. The van der Waals surface area contributed by atoms with Gasteiger partial charge >= 0.3 is 5.97 Å². The SMILES string of the molecule is O=C(O)c1ccc(-n2cccc2[C@@H]2[C@@H](c3ccccn3)NC(=S)N2c2ccc3c(c2)OCO3)cc1. The van der Waals surface area contributed by atoms with Gasteiger partial charge in [-0.25, -0.2) is 4.79 Å². The topological polar surface area (TPSA) is 88.8 Å². The van der Waals surface area contributed by atoms with Gasteiger partial charge in [-0.05, 0) is 72.9 Å². The summed E-state index contributed by atoms with van der Waals surface area (Å²) in [6.45, 7) is 0.191. The number of carboxylic acids is 1. The lowest BCUT2D eigenvalue weighted by molar-refractivity contribution is 0.0697. The molecule has 0 saturated carbocycles. The zero-order valence-electron chi connectivity index (χ0n) is 18.4. The Bertz CT molecular complexity index is 1420. The molecule has 2 atom stereocenters. The molecule has 2 aliphatic rings. The Hall–Kier alpha value is -4.37. The Kier molecular flexibility index (Phi) is 5.11. The summed E-state index contributed by atoms with van der Waals surface area (Å²) in [4.78, 5) is 18.0. The molecule has 0 unspecified atom stereocenters. The van der Waals surface area contributed by atoms with Crippen LogP contribution in [0.15, 0.2) is 85.2 Å². The highest BCUT2D eigenvalue weighted by Crippen LogP contribution is 2.44. The average molecular weight is 485 g/mol. The van der Waals surface area contributed by atoms with Gasteiger partial charge < -0.3 is 29.4 Å². The zero-order valence-corrected chi connectivity index (χ0v) is 19.2. The van der Waals surface area contributed by atoms with E-state index in [9.17, 15) is 9.90 Å². The van der Waals surface area contributed by atoms with E-state index in [1.54, 1.807) is 30.5 Å². The fourth-order valence-electron chi connectivity index (χ4n) is 4.60. The summed E-state index contributed by atoms with van der Waals surface area (Å²) >= 11 is 5.82. The number of carbonyl (C=O) groups is 1. The molecule has 174 valence electrons. The molecular formula is C26H20N4O4S. The van der Waals surface area contributed by atoms with Crippen molar-refractivity contribution in [3.63, 3.8) is 0 Å². The van der Waals surface area contributed by atoms with E-state index in [0.29, 0.717) is 16.6 Å². The number of carboxylic acid groups (broad SMARTS) is 1. The number of benzene rings is 2. The predicted molar refractivity (Wildman–Crippen MR) is 133 cm³/mol. The molecule has 0 radical (unpaired) electrons. The van der Waals surface area contributed by atoms with Gasteiger partial charge in [0.05, 0.1) is 17.3 Å². The predicted octanol–water partition coefficient (Wildman–Crippen LogP) is 4.48. The Morgan fingerprint density at radius 3 is 2.57 bits per heavy atom. The van der Waals surface area contributed by atoms with Crippen LogP contribution in [0.3, 0.4) is 0 Å². The van der Waals surface area contributed by atoms with Crippen molar-refractivity contribution in [2.75, 3.05) is 11.7 Å². The maximum atomic E-state index is 11.3. The molecule has 2 N–H and O–H groups in total. The van der Waals surface area contributed by atoms with E-state index in [4.69, 9.17) is 21.7 Å². The third-order valence-corrected chi connectivity index (χ3v) is 6.52. The third-order valence-electron chi connectivity index (χ3n) is 6.21. The lowest BCUT2D eigenvalue weighted by Gasteiger charge is -2.29. The van der Waals surface area contributed by atoms with E-state index >= 15 is 0 Å². The van der Waals surface area contributed by atoms with Crippen LogP contribution >= 0.6 is 12.2 Å². The Balaban J connectivity index is 1.48. The quantitative estimate of drug-likeness (QED) is 0.401. The fourth-order valence-corrected chi connectivity index (χ4v) is 4.95. The number of aromatic nitrogens is 2. The summed E-state index contributed by atoms with van der Waals surface area (Å²) in [6, 6.07) is 21.9. The fraction of sp³-hybridized carbons (Fsp3) is 0.115. The lowest BCUT2D eigenvalue weighted by Crippen LogP contribution is -2.30. The highest BCUT2D eigenvalue weighted by atomic mass is 32.1. The first-order valence-electron chi connectivity index (χ1n) is 11.0. The summed E-state index contributed by atoms with van der Waals surface area (Å²) in [5.41, 5.74) is 3.77. The standard InChI is InChI=1S/C26H20N4O4S/c31-25(32)16-6-8-17(9-7-16)29-13-3-5-20(29)24-23(19-4-1-2-12-27-19)28-26(35)30(24)18-10-11-21-22(14-18)34-15-33-21/h1-14,23-24H,15H2,(H,28,35)(H,31,32)/t23-,24-/m1/s1. The second-order valence-corrected chi connectivity index (χ2v) is 8.58. The van der Waals surface area contributed by atoms with Crippen LogP contribution in [0, 0.1) is 0 Å². The van der Waals surface area contributed by atoms with Gasteiger partial charge in [0.1, 0.15) is 6.04 Å². The Labute approximate surface area is 206 Å². The van der Waals surface area contributed by atoms with Gasteiger partial charge in [-0.15, -0.1) is 0 Å². The molecule has 0 aliphatic carbocycles. The van der Waals surface area contributed by atoms with E-state index in [-0.39, 0.29) is 24.4 Å². The van der Waals surface area contributed by atoms with Crippen LogP contribution in [0.25, 0.3) is 5.69 Å². The van der Waals surface area contributed by atoms with Gasteiger partial charge in [0.25, 0.3) is 0 Å². The largest absolute Gasteiger partial charge is 0.478 e. The molecule has 8 nitrogen and oxygen atoms in total. The molecule has 4 heterocycles. The molecule has 0 bridgehead atoms. The van der Waals surface area contributed by atoms with Crippen LogP contribution in [0.1, 0.15) is 33.8 Å². The molecule has 9 heteroatoms. The number of hydrogen-bond acceptors (Lipinski definition) is 5. The van der Waals surface area contributed by atoms with Crippen LogP contribution in [-0.2, 0) is 0 Å². The molecule has 4 aromatic rings. The van der Waals surface area contributed by atoms with E-state index in [1.807, 2.05) is 59.3 Å². The first kappa shape index (κ1) is 21.2. The van der Waals surface area contributed by atoms with Crippen LogP contribution in [0.4, 0.5) is 5.69 Å². The van der Waals surface area contributed by atoms with Crippen molar-refractivity contribution in [2.24, 2.45) is 0 Å². The van der Waals surface area contributed by atoms with Gasteiger partial charge in [-0.2, -0.15) is 0 Å². The third kappa shape index (κ3) is 3.66. The van der Waals surface area contributed by atoms with Crippen LogP contribution < -0.4 is 19.7 Å². The summed E-state index contributed by atoms with van der Waals surface area (Å²) in [6.07, 6.45) is 3.73. The number of ether oxygens (including phenoxy) is 2. The summed E-state index contributed by atoms with van der Waals surface area (Å²) in [5, 5.41) is 13.3. The van der Waals surface area contributed by atoms with Crippen LogP contribution in [0.5, 0.6) is 11.5 Å². The minimum atomic E-state index is -0.959. The summed E-state index contributed by atoms with van der Waals surface area (Å²) in [5.74, 6) is 0.412. The van der Waals surface area contributed by atoms with Crippen molar-refractivity contribution in [1.82, 2.24) is 14.9 Å². The normalized spacial score (nSPS) is 18.5. The van der Waals surface area contributed by atoms with Crippen molar-refractivity contribution < 1.29 is 19.4 Å². The molecule has 2 aliphatic heterocycles. The number of hydrogen-bond donors (Lipinski definition) is 2. The lowest BCUT2D eigenvalue weighted by atomic mass is 10.0. The van der Waals surface area contributed by atoms with Gasteiger partial charge in [-0.1, -0.05) is 6.07 Å². The number of pyridine rings is 1. The number of nitrogens with zero attached hydrogens (tertiary/aromatic N) is 3. The number of anilines is 1. The van der Waals surface area contributed by atoms with Crippen LogP contribution in [0.2, 0.25) is 0 Å².